The molecule has 1 aromatic carbocycles. The van der Waals surface area contributed by atoms with Gasteiger partial charge in [0.05, 0.1) is 12.3 Å². The van der Waals surface area contributed by atoms with Crippen LogP contribution < -0.4 is 0 Å². The van der Waals surface area contributed by atoms with Gasteiger partial charge < -0.3 is 4.74 Å². The number of rotatable bonds is 4. The second-order valence-corrected chi connectivity index (χ2v) is 7.48. The standard InChI is InChI=1S/C16H13NO4S2/c1-2-21-14-10-13(11-6-3-4-7-12(11)16(14)18)17-23(19,20)15-8-5-9-22-15/h3-10H,2H2,1H3. The van der Waals surface area contributed by atoms with Crippen LogP contribution in [0, 0.1) is 0 Å². The van der Waals surface area contributed by atoms with Crippen LogP contribution in [0.5, 0.6) is 0 Å². The van der Waals surface area contributed by atoms with E-state index >= 15 is 0 Å². The molecule has 2 aromatic rings. The van der Waals surface area contributed by atoms with Crippen molar-refractivity contribution < 1.29 is 17.9 Å². The van der Waals surface area contributed by atoms with Crippen LogP contribution in [0.1, 0.15) is 22.8 Å². The summed E-state index contributed by atoms with van der Waals surface area (Å²) in [5, 5.41) is 1.67. The molecule has 0 atom stereocenters. The van der Waals surface area contributed by atoms with Crippen molar-refractivity contribution in [2.75, 3.05) is 6.61 Å². The molecule has 0 saturated heterocycles. The van der Waals surface area contributed by atoms with Crippen LogP contribution in [0.2, 0.25) is 0 Å². The first kappa shape index (κ1) is 15.6. The SMILES string of the molecule is CCOC1=CC(=NS(=O)(=O)c2cccs2)c2ccccc2C1=O. The maximum Gasteiger partial charge on any atom is 0.292 e. The Bertz CT molecular complexity index is 909. The van der Waals surface area contributed by atoms with E-state index in [0.717, 1.165) is 11.3 Å². The van der Waals surface area contributed by atoms with Crippen molar-refractivity contribution in [2.24, 2.45) is 4.40 Å². The second kappa shape index (κ2) is 6.10. The smallest absolute Gasteiger partial charge is 0.292 e. The van der Waals surface area contributed by atoms with Crippen molar-refractivity contribution in [2.45, 2.75) is 11.1 Å². The predicted molar refractivity (Wildman–Crippen MR) is 88.5 cm³/mol. The number of thiophene rings is 1. The normalized spacial score (nSPS) is 16.1. The number of nitrogens with zero attached hydrogens (tertiary/aromatic N) is 1. The molecule has 0 aliphatic heterocycles. The van der Waals surface area contributed by atoms with Gasteiger partial charge in [0.25, 0.3) is 10.0 Å². The topological polar surface area (TPSA) is 72.8 Å². The third kappa shape index (κ3) is 2.97. The van der Waals surface area contributed by atoms with Crippen molar-refractivity contribution in [3.05, 3.63) is 64.7 Å². The fourth-order valence-corrected chi connectivity index (χ4v) is 4.19. The molecule has 3 rings (SSSR count). The van der Waals surface area contributed by atoms with Crippen LogP contribution in [0.4, 0.5) is 0 Å². The van der Waals surface area contributed by atoms with E-state index in [1.807, 2.05) is 0 Å². The molecule has 0 amide bonds. The highest BCUT2D eigenvalue weighted by atomic mass is 32.2. The van der Waals surface area contributed by atoms with Crippen LogP contribution in [0.3, 0.4) is 0 Å². The molecule has 118 valence electrons. The van der Waals surface area contributed by atoms with Crippen LogP contribution in [-0.4, -0.2) is 26.5 Å². The number of hydrogen-bond acceptors (Lipinski definition) is 5. The second-order valence-electron chi connectivity index (χ2n) is 4.70. The first-order valence-corrected chi connectivity index (χ1v) is 9.22. The number of Topliss-reactive ketones (excluding diaryl/α,β-unsaturated/α-hetero) is 1. The summed E-state index contributed by atoms with van der Waals surface area (Å²) in [6.45, 7) is 2.07. The van der Waals surface area contributed by atoms with Crippen molar-refractivity contribution in [3.63, 3.8) is 0 Å². The van der Waals surface area contributed by atoms with Gasteiger partial charge in [0, 0.05) is 17.2 Å². The quantitative estimate of drug-likeness (QED) is 0.852. The highest BCUT2D eigenvalue weighted by Crippen LogP contribution is 2.25. The van der Waals surface area contributed by atoms with Gasteiger partial charge in [-0.1, -0.05) is 30.3 Å². The van der Waals surface area contributed by atoms with Gasteiger partial charge in [0.15, 0.2) is 5.76 Å². The van der Waals surface area contributed by atoms with Crippen molar-refractivity contribution in [1.29, 1.82) is 0 Å². The molecular weight excluding hydrogens is 334 g/mol. The Morgan fingerprint density at radius 3 is 2.52 bits per heavy atom. The number of hydrogen-bond donors (Lipinski definition) is 0. The summed E-state index contributed by atoms with van der Waals surface area (Å²) in [6.07, 6.45) is 1.39. The fourth-order valence-electron chi connectivity index (χ4n) is 2.23. The highest BCUT2D eigenvalue weighted by molar-refractivity contribution is 7.92. The van der Waals surface area contributed by atoms with Crippen LogP contribution >= 0.6 is 11.3 Å². The average molecular weight is 347 g/mol. The van der Waals surface area contributed by atoms with Gasteiger partial charge in [0.1, 0.15) is 4.21 Å². The van der Waals surface area contributed by atoms with Gasteiger partial charge in [-0.25, -0.2) is 0 Å². The lowest BCUT2D eigenvalue weighted by molar-refractivity contribution is 0.0925. The third-order valence-electron chi connectivity index (χ3n) is 3.21. The molecule has 1 heterocycles. The fraction of sp³-hybridized carbons (Fsp3) is 0.125. The molecular formula is C16H13NO4S2. The lowest BCUT2D eigenvalue weighted by atomic mass is 9.93. The van der Waals surface area contributed by atoms with Gasteiger partial charge >= 0.3 is 0 Å². The average Bonchev–Trinajstić information content (AvgIpc) is 3.07. The van der Waals surface area contributed by atoms with Crippen molar-refractivity contribution in [3.8, 4) is 0 Å². The predicted octanol–water partition coefficient (Wildman–Crippen LogP) is 3.04. The number of sulfonamides is 1. The van der Waals surface area contributed by atoms with Crippen LogP contribution in [-0.2, 0) is 14.8 Å². The van der Waals surface area contributed by atoms with E-state index in [1.165, 1.54) is 12.1 Å². The number of carbonyl (C=O) groups is 1. The molecule has 0 bridgehead atoms. The summed E-state index contributed by atoms with van der Waals surface area (Å²) in [5.74, 6) is -0.166. The van der Waals surface area contributed by atoms with E-state index in [-0.39, 0.29) is 21.5 Å². The summed E-state index contributed by atoms with van der Waals surface area (Å²) in [7, 11) is -3.82. The first-order chi connectivity index (χ1) is 11.0. The lowest BCUT2D eigenvalue weighted by Gasteiger charge is -2.17. The Labute approximate surface area is 138 Å². The molecule has 1 aromatic heterocycles. The Balaban J connectivity index is 2.16. The van der Waals surface area contributed by atoms with E-state index in [1.54, 1.807) is 42.6 Å². The molecule has 0 spiro atoms. The van der Waals surface area contributed by atoms with Gasteiger partial charge in [-0.2, -0.15) is 12.8 Å². The van der Waals surface area contributed by atoms with Crippen LogP contribution in [0.25, 0.3) is 0 Å². The first-order valence-electron chi connectivity index (χ1n) is 6.90. The highest BCUT2D eigenvalue weighted by Gasteiger charge is 2.27. The van der Waals surface area contributed by atoms with Gasteiger partial charge in [-0.15, -0.1) is 11.3 Å². The number of carbonyl (C=O) groups excluding carboxylic acids is 1. The maximum atomic E-state index is 12.4. The molecule has 0 unspecified atom stereocenters. The zero-order valence-corrected chi connectivity index (χ0v) is 13.9. The minimum absolute atomic E-state index is 0.103. The Morgan fingerprint density at radius 2 is 1.87 bits per heavy atom. The van der Waals surface area contributed by atoms with E-state index in [2.05, 4.69) is 4.40 Å². The van der Waals surface area contributed by atoms with E-state index in [4.69, 9.17) is 4.74 Å². The summed E-state index contributed by atoms with van der Waals surface area (Å²) < 4.78 is 34.2. The number of fused-ring (bicyclic) bond motifs is 1. The molecule has 0 N–H and O–H groups in total. The molecule has 23 heavy (non-hydrogen) atoms. The number of benzene rings is 1. The van der Waals surface area contributed by atoms with Gasteiger partial charge in [-0.3, -0.25) is 4.79 Å². The van der Waals surface area contributed by atoms with E-state index < -0.39 is 10.0 Å². The van der Waals surface area contributed by atoms with Crippen molar-refractivity contribution >= 4 is 32.9 Å². The van der Waals surface area contributed by atoms with Crippen LogP contribution in [0.15, 0.2) is 62.2 Å². The lowest BCUT2D eigenvalue weighted by Crippen LogP contribution is -2.20. The zero-order chi connectivity index (χ0) is 16.4. The van der Waals surface area contributed by atoms with E-state index in [9.17, 15) is 13.2 Å². The van der Waals surface area contributed by atoms with Crippen molar-refractivity contribution in [1.82, 2.24) is 0 Å². The summed E-state index contributed by atoms with van der Waals surface area (Å²) in [6, 6.07) is 9.91. The third-order valence-corrected chi connectivity index (χ3v) is 5.87. The minimum Gasteiger partial charge on any atom is -0.490 e. The molecule has 0 fully saturated rings. The Morgan fingerprint density at radius 1 is 1.13 bits per heavy atom. The molecule has 1 aliphatic rings. The Hall–Kier alpha value is -2.25. The summed E-state index contributed by atoms with van der Waals surface area (Å²) in [4.78, 5) is 12.4. The van der Waals surface area contributed by atoms with Gasteiger partial charge in [-0.05, 0) is 18.4 Å². The van der Waals surface area contributed by atoms with E-state index in [0.29, 0.717) is 17.7 Å². The summed E-state index contributed by atoms with van der Waals surface area (Å²) >= 11 is 1.10. The zero-order valence-electron chi connectivity index (χ0n) is 12.2. The summed E-state index contributed by atoms with van der Waals surface area (Å²) in [5.41, 5.74) is 1.08. The Kier molecular flexibility index (Phi) is 4.14. The molecule has 7 heteroatoms. The number of ether oxygens (including phenoxy) is 1. The molecule has 0 radical (unpaired) electrons. The maximum absolute atomic E-state index is 12.4. The molecule has 1 aliphatic carbocycles. The molecule has 5 nitrogen and oxygen atoms in total. The molecule has 0 saturated carbocycles. The largest absolute Gasteiger partial charge is 0.490 e. The van der Waals surface area contributed by atoms with Gasteiger partial charge in [0.2, 0.25) is 5.78 Å². The monoisotopic (exact) mass is 347 g/mol. The number of ketones is 1. The number of allylic oxidation sites excluding steroid dienone is 2. The minimum atomic E-state index is -3.82.